The predicted octanol–water partition coefficient (Wildman–Crippen LogP) is 5.93. The van der Waals surface area contributed by atoms with Gasteiger partial charge >= 0.3 is 0 Å². The number of rotatable bonds is 6. The van der Waals surface area contributed by atoms with Crippen molar-refractivity contribution in [3.8, 4) is 11.5 Å². The molecule has 1 atom stereocenters. The summed E-state index contributed by atoms with van der Waals surface area (Å²) in [5.74, 6) is 1.46. The van der Waals surface area contributed by atoms with Crippen LogP contribution in [0, 0.1) is 0 Å². The first-order valence-electron chi connectivity index (χ1n) is 10.2. The van der Waals surface area contributed by atoms with E-state index in [1.165, 1.54) is 0 Å². The Morgan fingerprint density at radius 3 is 2.20 bits per heavy atom. The highest BCUT2D eigenvalue weighted by Gasteiger charge is 2.35. The molecule has 1 aliphatic heterocycles. The zero-order valence-corrected chi connectivity index (χ0v) is 18.7. The van der Waals surface area contributed by atoms with E-state index >= 15 is 0 Å². The summed E-state index contributed by atoms with van der Waals surface area (Å²) in [6, 6.07) is 21.8. The third-order valence-electron chi connectivity index (χ3n) is 5.19. The minimum Gasteiger partial charge on any atom is -0.490 e. The molecule has 0 bridgehead atoms. The number of nitrogens with zero attached hydrogens (tertiary/aromatic N) is 1. The Morgan fingerprint density at radius 2 is 1.57 bits per heavy atom. The molecule has 0 unspecified atom stereocenters. The van der Waals surface area contributed by atoms with Gasteiger partial charge in [0.25, 0.3) is 0 Å². The molecule has 0 N–H and O–H groups in total. The number of carbonyl (C=O) groups excluding carboxylic acids is 1. The van der Waals surface area contributed by atoms with Gasteiger partial charge in [-0.1, -0.05) is 46.3 Å². The molecule has 154 valence electrons. The van der Waals surface area contributed by atoms with Crippen molar-refractivity contribution < 1.29 is 14.3 Å². The van der Waals surface area contributed by atoms with Gasteiger partial charge in [0.1, 0.15) is 0 Å². The van der Waals surface area contributed by atoms with Crippen LogP contribution in [0.3, 0.4) is 0 Å². The van der Waals surface area contributed by atoms with Crippen molar-refractivity contribution in [3.63, 3.8) is 0 Å². The normalized spacial score (nSPS) is 15.6. The summed E-state index contributed by atoms with van der Waals surface area (Å²) in [5.41, 5.74) is 3.97. The van der Waals surface area contributed by atoms with E-state index in [2.05, 4.69) is 28.1 Å². The summed E-state index contributed by atoms with van der Waals surface area (Å²) in [4.78, 5) is 15.2. The lowest BCUT2D eigenvalue weighted by Crippen LogP contribution is -2.41. The van der Waals surface area contributed by atoms with E-state index in [0.29, 0.717) is 31.1 Å². The van der Waals surface area contributed by atoms with Gasteiger partial charge in [-0.2, -0.15) is 0 Å². The quantitative estimate of drug-likeness (QED) is 0.453. The molecule has 0 aromatic heterocycles. The average molecular weight is 466 g/mol. The summed E-state index contributed by atoms with van der Waals surface area (Å²) < 4.78 is 12.7. The lowest BCUT2D eigenvalue weighted by Gasteiger charge is -2.38. The third kappa shape index (κ3) is 3.94. The van der Waals surface area contributed by atoms with Crippen LogP contribution in [0.2, 0.25) is 0 Å². The maximum atomic E-state index is 13.3. The van der Waals surface area contributed by atoms with Crippen molar-refractivity contribution in [2.45, 2.75) is 26.3 Å². The number of anilines is 1. The van der Waals surface area contributed by atoms with E-state index in [9.17, 15) is 4.79 Å². The molecule has 3 aromatic rings. The second-order valence-corrected chi connectivity index (χ2v) is 8.01. The molecule has 0 saturated heterocycles. The predicted molar refractivity (Wildman–Crippen MR) is 122 cm³/mol. The molecule has 1 heterocycles. The number of amides is 1. The monoisotopic (exact) mass is 465 g/mol. The molecule has 4 rings (SSSR count). The van der Waals surface area contributed by atoms with E-state index in [-0.39, 0.29) is 11.9 Å². The van der Waals surface area contributed by atoms with Crippen LogP contribution >= 0.6 is 15.9 Å². The minimum atomic E-state index is -0.237. The Kier molecular flexibility index (Phi) is 6.09. The Balaban J connectivity index is 1.91. The second-order valence-electron chi connectivity index (χ2n) is 7.09. The van der Waals surface area contributed by atoms with E-state index < -0.39 is 0 Å². The highest BCUT2D eigenvalue weighted by Crippen LogP contribution is 2.43. The van der Waals surface area contributed by atoms with Crippen LogP contribution in [0.25, 0.3) is 0 Å². The SMILES string of the molecule is CCOc1cc2c(cc1OCC)[C@H](c1ccccc1)N(c1ccc(Br)cc1)C(=O)C2. The van der Waals surface area contributed by atoms with Crippen molar-refractivity contribution in [2.75, 3.05) is 18.1 Å². The Hall–Kier alpha value is -2.79. The standard InChI is InChI=1S/C25H24BrNO3/c1-3-29-22-14-18-15-24(28)27(20-12-10-19(26)11-13-20)25(17-8-6-5-7-9-17)21(18)16-23(22)30-4-2/h5-14,16,25H,3-4,15H2,1-2H3/t25-/m0/s1. The lowest BCUT2D eigenvalue weighted by atomic mass is 9.87. The molecule has 0 radical (unpaired) electrons. The van der Waals surface area contributed by atoms with E-state index in [1.807, 2.05) is 73.3 Å². The fourth-order valence-corrected chi connectivity index (χ4v) is 4.22. The molecule has 4 nitrogen and oxygen atoms in total. The molecule has 5 heteroatoms. The van der Waals surface area contributed by atoms with Crippen molar-refractivity contribution in [1.82, 2.24) is 0 Å². The molecule has 3 aromatic carbocycles. The number of carbonyl (C=O) groups is 1. The summed E-state index contributed by atoms with van der Waals surface area (Å²) in [6.07, 6.45) is 0.321. The Labute approximate surface area is 185 Å². The van der Waals surface area contributed by atoms with E-state index in [4.69, 9.17) is 9.47 Å². The summed E-state index contributed by atoms with van der Waals surface area (Å²) in [7, 11) is 0. The van der Waals surface area contributed by atoms with Crippen molar-refractivity contribution in [1.29, 1.82) is 0 Å². The maximum absolute atomic E-state index is 13.3. The highest BCUT2D eigenvalue weighted by atomic mass is 79.9. The molecule has 0 saturated carbocycles. The van der Waals surface area contributed by atoms with Crippen LogP contribution in [0.15, 0.2) is 71.2 Å². The summed E-state index contributed by atoms with van der Waals surface area (Å²) in [5, 5.41) is 0. The Morgan fingerprint density at radius 1 is 0.933 bits per heavy atom. The number of benzene rings is 3. The lowest BCUT2D eigenvalue weighted by molar-refractivity contribution is -0.118. The molecular formula is C25H24BrNO3. The molecule has 30 heavy (non-hydrogen) atoms. The van der Waals surface area contributed by atoms with Gasteiger partial charge in [-0.25, -0.2) is 0 Å². The maximum Gasteiger partial charge on any atom is 0.232 e. The average Bonchev–Trinajstić information content (AvgIpc) is 2.75. The van der Waals surface area contributed by atoms with Crippen LogP contribution in [-0.4, -0.2) is 19.1 Å². The van der Waals surface area contributed by atoms with Crippen LogP contribution in [-0.2, 0) is 11.2 Å². The molecule has 0 fully saturated rings. The largest absolute Gasteiger partial charge is 0.490 e. The number of hydrogen-bond donors (Lipinski definition) is 0. The van der Waals surface area contributed by atoms with Gasteiger partial charge in [0, 0.05) is 10.2 Å². The first kappa shape index (κ1) is 20.5. The fraction of sp³-hybridized carbons (Fsp3) is 0.240. The number of halogens is 1. The minimum absolute atomic E-state index is 0.0604. The van der Waals surface area contributed by atoms with E-state index in [1.54, 1.807) is 0 Å². The summed E-state index contributed by atoms with van der Waals surface area (Å²) >= 11 is 3.49. The molecule has 1 amide bonds. The Bertz CT molecular complexity index is 1030. The number of hydrogen-bond acceptors (Lipinski definition) is 3. The van der Waals surface area contributed by atoms with Gasteiger partial charge in [0.05, 0.1) is 25.7 Å². The first-order chi connectivity index (χ1) is 14.6. The van der Waals surface area contributed by atoms with Crippen LogP contribution < -0.4 is 14.4 Å². The van der Waals surface area contributed by atoms with Crippen molar-refractivity contribution in [3.05, 3.63) is 87.9 Å². The molecular weight excluding hydrogens is 442 g/mol. The van der Waals surface area contributed by atoms with Gasteiger partial charge in [0.2, 0.25) is 5.91 Å². The van der Waals surface area contributed by atoms with E-state index in [0.717, 1.165) is 26.9 Å². The highest BCUT2D eigenvalue weighted by molar-refractivity contribution is 9.10. The van der Waals surface area contributed by atoms with Crippen molar-refractivity contribution in [2.24, 2.45) is 0 Å². The number of fused-ring (bicyclic) bond motifs is 1. The molecule has 0 aliphatic carbocycles. The second kappa shape index (κ2) is 8.92. The number of ether oxygens (including phenoxy) is 2. The zero-order valence-electron chi connectivity index (χ0n) is 17.1. The molecule has 0 spiro atoms. The van der Waals surface area contributed by atoms with Crippen LogP contribution in [0.5, 0.6) is 11.5 Å². The smallest absolute Gasteiger partial charge is 0.232 e. The first-order valence-corrected chi connectivity index (χ1v) is 11.0. The van der Waals surface area contributed by atoms with Gasteiger partial charge < -0.3 is 14.4 Å². The van der Waals surface area contributed by atoms with Crippen LogP contribution in [0.4, 0.5) is 5.69 Å². The summed E-state index contributed by atoms with van der Waals surface area (Å²) in [6.45, 7) is 4.99. The van der Waals surface area contributed by atoms with Gasteiger partial charge in [0.15, 0.2) is 11.5 Å². The fourth-order valence-electron chi connectivity index (χ4n) is 3.95. The topological polar surface area (TPSA) is 38.8 Å². The van der Waals surface area contributed by atoms with Gasteiger partial charge in [-0.05, 0) is 66.9 Å². The molecule has 1 aliphatic rings. The third-order valence-corrected chi connectivity index (χ3v) is 5.72. The van der Waals surface area contributed by atoms with Gasteiger partial charge in [-0.15, -0.1) is 0 Å². The van der Waals surface area contributed by atoms with Gasteiger partial charge in [-0.3, -0.25) is 4.79 Å². The zero-order chi connectivity index (χ0) is 21.1. The van der Waals surface area contributed by atoms with Crippen LogP contribution in [0.1, 0.15) is 36.6 Å². The van der Waals surface area contributed by atoms with Crippen molar-refractivity contribution >= 4 is 27.5 Å².